The fourth-order valence-electron chi connectivity index (χ4n) is 2.14. The number of amides is 1. The third-order valence-electron chi connectivity index (χ3n) is 3.49. The second-order valence-electron chi connectivity index (χ2n) is 5.69. The number of aromatic nitrogens is 3. The molecule has 2 aromatic heterocycles. The molecular weight excluding hydrogens is 370 g/mol. The molecule has 136 valence electrons. The molecular formula is C17H19N5O2S2. The van der Waals surface area contributed by atoms with Gasteiger partial charge in [0.2, 0.25) is 11.0 Å². The second-order valence-corrected chi connectivity index (χ2v) is 8.12. The Morgan fingerprint density at radius 3 is 2.69 bits per heavy atom. The van der Waals surface area contributed by atoms with Crippen molar-refractivity contribution in [3.8, 4) is 0 Å². The average molecular weight is 390 g/mol. The van der Waals surface area contributed by atoms with E-state index in [1.165, 1.54) is 28.7 Å². The summed E-state index contributed by atoms with van der Waals surface area (Å²) in [5.41, 5.74) is 2.15. The van der Waals surface area contributed by atoms with Crippen LogP contribution in [0.2, 0.25) is 0 Å². The number of hydrogen-bond acceptors (Lipinski definition) is 8. The van der Waals surface area contributed by atoms with Crippen molar-refractivity contribution in [2.24, 2.45) is 0 Å². The van der Waals surface area contributed by atoms with Crippen LogP contribution in [0.25, 0.3) is 0 Å². The van der Waals surface area contributed by atoms with Crippen LogP contribution in [0, 0.1) is 13.8 Å². The summed E-state index contributed by atoms with van der Waals surface area (Å²) in [6.45, 7) is 5.77. The highest BCUT2D eigenvalue weighted by Gasteiger charge is 2.21. The van der Waals surface area contributed by atoms with Gasteiger partial charge in [0, 0.05) is 11.8 Å². The van der Waals surface area contributed by atoms with E-state index in [1.54, 1.807) is 13.0 Å². The van der Waals surface area contributed by atoms with Gasteiger partial charge in [-0.05, 0) is 32.4 Å². The van der Waals surface area contributed by atoms with Crippen molar-refractivity contribution < 1.29 is 9.32 Å². The maximum absolute atomic E-state index is 12.4. The minimum absolute atomic E-state index is 0.131. The Balaban J connectivity index is 1.60. The van der Waals surface area contributed by atoms with Crippen LogP contribution < -0.4 is 10.6 Å². The lowest BCUT2D eigenvalue weighted by Crippen LogP contribution is -2.24. The molecule has 0 aliphatic carbocycles. The molecule has 1 atom stereocenters. The lowest BCUT2D eigenvalue weighted by molar-refractivity contribution is -0.115. The number of carbonyl (C=O) groups is 1. The normalized spacial score (nSPS) is 12.0. The molecule has 0 saturated heterocycles. The average Bonchev–Trinajstić information content (AvgIpc) is 3.23. The predicted molar refractivity (Wildman–Crippen MR) is 104 cm³/mol. The van der Waals surface area contributed by atoms with Crippen LogP contribution in [0.15, 0.2) is 39.2 Å². The Labute approximate surface area is 159 Å². The molecule has 0 bridgehead atoms. The van der Waals surface area contributed by atoms with Crippen LogP contribution >= 0.6 is 23.1 Å². The summed E-state index contributed by atoms with van der Waals surface area (Å²) in [7, 11) is 0. The molecule has 0 saturated carbocycles. The van der Waals surface area contributed by atoms with Crippen LogP contribution in [0.4, 0.5) is 16.6 Å². The lowest BCUT2D eigenvalue weighted by atomic mass is 10.2. The maximum Gasteiger partial charge on any atom is 0.239 e. The highest BCUT2D eigenvalue weighted by molar-refractivity contribution is 8.02. The Hall–Kier alpha value is -2.39. The van der Waals surface area contributed by atoms with Crippen LogP contribution in [-0.4, -0.2) is 26.5 Å². The van der Waals surface area contributed by atoms with E-state index in [0.717, 1.165) is 10.0 Å². The van der Waals surface area contributed by atoms with Gasteiger partial charge in [0.1, 0.15) is 5.76 Å². The van der Waals surface area contributed by atoms with E-state index in [4.69, 9.17) is 4.52 Å². The topological polar surface area (TPSA) is 92.9 Å². The van der Waals surface area contributed by atoms with Crippen molar-refractivity contribution >= 4 is 45.6 Å². The van der Waals surface area contributed by atoms with Crippen LogP contribution in [0.5, 0.6) is 0 Å². The first-order chi connectivity index (χ1) is 12.5. The summed E-state index contributed by atoms with van der Waals surface area (Å²) in [6, 6.07) is 9.73. The van der Waals surface area contributed by atoms with Crippen molar-refractivity contribution in [3.05, 3.63) is 41.7 Å². The number of hydrogen-bond donors (Lipinski definition) is 2. The van der Waals surface area contributed by atoms with Gasteiger partial charge in [-0.25, -0.2) is 0 Å². The molecule has 0 aliphatic heterocycles. The number of nitrogens with zero attached hydrogens (tertiary/aromatic N) is 3. The van der Waals surface area contributed by atoms with Gasteiger partial charge in [-0.3, -0.25) is 4.79 Å². The fraction of sp³-hybridized carbons (Fsp3) is 0.294. The predicted octanol–water partition coefficient (Wildman–Crippen LogP) is 4.40. The molecule has 2 heterocycles. The summed E-state index contributed by atoms with van der Waals surface area (Å²) in [5.74, 6) is 0.941. The highest BCUT2D eigenvalue weighted by atomic mass is 32.2. The molecule has 0 radical (unpaired) electrons. The summed E-state index contributed by atoms with van der Waals surface area (Å²) in [5, 5.41) is 18.5. The van der Waals surface area contributed by atoms with Gasteiger partial charge in [0.25, 0.3) is 0 Å². The number of anilines is 3. The van der Waals surface area contributed by atoms with Crippen molar-refractivity contribution in [3.63, 3.8) is 0 Å². The van der Waals surface area contributed by atoms with Crippen molar-refractivity contribution in [2.45, 2.75) is 36.8 Å². The summed E-state index contributed by atoms with van der Waals surface area (Å²) in [6.07, 6.45) is 0.660. The Morgan fingerprint density at radius 2 is 2.04 bits per heavy atom. The molecule has 3 aromatic rings. The molecule has 0 aliphatic rings. The summed E-state index contributed by atoms with van der Waals surface area (Å²) < 4.78 is 5.70. The monoisotopic (exact) mass is 389 g/mol. The first-order valence-corrected chi connectivity index (χ1v) is 9.81. The Morgan fingerprint density at radius 1 is 1.27 bits per heavy atom. The van der Waals surface area contributed by atoms with E-state index in [-0.39, 0.29) is 11.2 Å². The first kappa shape index (κ1) is 18.4. The molecule has 0 spiro atoms. The van der Waals surface area contributed by atoms with Gasteiger partial charge in [-0.15, -0.1) is 10.2 Å². The van der Waals surface area contributed by atoms with E-state index >= 15 is 0 Å². The van der Waals surface area contributed by atoms with Crippen LogP contribution in [0.3, 0.4) is 0 Å². The second kappa shape index (κ2) is 8.33. The molecule has 1 amide bonds. The largest absolute Gasteiger partial charge is 0.360 e. The molecule has 0 fully saturated rings. The standard InChI is InChI=1S/C17H19N5O2S2/c1-4-13(15(23)19-14-9-11(3)24-22-14)25-17-21-20-16(26-17)18-12-7-5-10(2)6-8-12/h5-9,13H,4H2,1-3H3,(H,18,20)(H,19,22,23). The zero-order valence-electron chi connectivity index (χ0n) is 14.6. The number of thioether (sulfide) groups is 1. The number of nitrogens with one attached hydrogen (secondary N) is 2. The zero-order chi connectivity index (χ0) is 18.5. The Kier molecular flexibility index (Phi) is 5.89. The molecule has 3 rings (SSSR count). The third-order valence-corrected chi connectivity index (χ3v) is 5.78. The van der Waals surface area contributed by atoms with Gasteiger partial charge in [-0.2, -0.15) is 0 Å². The van der Waals surface area contributed by atoms with E-state index in [2.05, 4.69) is 26.0 Å². The number of rotatable bonds is 7. The number of carbonyl (C=O) groups excluding carboxylic acids is 1. The maximum atomic E-state index is 12.4. The van der Waals surface area contributed by atoms with Crippen molar-refractivity contribution in [1.82, 2.24) is 15.4 Å². The molecule has 1 aromatic carbocycles. The molecule has 26 heavy (non-hydrogen) atoms. The zero-order valence-corrected chi connectivity index (χ0v) is 16.3. The highest BCUT2D eigenvalue weighted by Crippen LogP contribution is 2.32. The molecule has 7 nitrogen and oxygen atoms in total. The van der Waals surface area contributed by atoms with Gasteiger partial charge < -0.3 is 15.2 Å². The SMILES string of the molecule is CCC(Sc1nnc(Nc2ccc(C)cc2)s1)C(=O)Nc1cc(C)on1. The lowest BCUT2D eigenvalue weighted by Gasteiger charge is -2.10. The molecule has 9 heteroatoms. The van der Waals surface area contributed by atoms with Crippen LogP contribution in [0.1, 0.15) is 24.7 Å². The van der Waals surface area contributed by atoms with Gasteiger partial charge in [-0.1, -0.05) is 52.9 Å². The van der Waals surface area contributed by atoms with Crippen molar-refractivity contribution in [1.29, 1.82) is 0 Å². The molecule has 2 N–H and O–H groups in total. The van der Waals surface area contributed by atoms with E-state index in [0.29, 0.717) is 23.1 Å². The number of benzene rings is 1. The van der Waals surface area contributed by atoms with Gasteiger partial charge >= 0.3 is 0 Å². The fourth-order valence-corrected chi connectivity index (χ4v) is 4.08. The molecule has 1 unspecified atom stereocenters. The Bertz CT molecular complexity index is 875. The van der Waals surface area contributed by atoms with E-state index in [9.17, 15) is 4.79 Å². The van der Waals surface area contributed by atoms with Gasteiger partial charge in [0.15, 0.2) is 10.2 Å². The van der Waals surface area contributed by atoms with E-state index < -0.39 is 0 Å². The minimum atomic E-state index is -0.285. The minimum Gasteiger partial charge on any atom is -0.360 e. The quantitative estimate of drug-likeness (QED) is 0.579. The summed E-state index contributed by atoms with van der Waals surface area (Å²) in [4.78, 5) is 12.4. The van der Waals surface area contributed by atoms with Crippen LogP contribution in [-0.2, 0) is 4.79 Å². The summed E-state index contributed by atoms with van der Waals surface area (Å²) >= 11 is 2.81. The van der Waals surface area contributed by atoms with E-state index in [1.807, 2.05) is 38.1 Å². The van der Waals surface area contributed by atoms with Crippen molar-refractivity contribution in [2.75, 3.05) is 10.6 Å². The third kappa shape index (κ3) is 4.83. The first-order valence-electron chi connectivity index (χ1n) is 8.11. The smallest absolute Gasteiger partial charge is 0.239 e. The number of aryl methyl sites for hydroxylation is 2. The van der Waals surface area contributed by atoms with Gasteiger partial charge in [0.05, 0.1) is 5.25 Å².